The SMILES string of the molecule is CCOC(=O)/C=C/COC(=O)[C@H](CCC(N)=O)NC(=O)OC(C)(C)C. The number of amides is 2. The van der Waals surface area contributed by atoms with Gasteiger partial charge in [0, 0.05) is 12.5 Å². The van der Waals surface area contributed by atoms with Crippen LogP contribution in [-0.2, 0) is 28.6 Å². The number of ether oxygens (including phenoxy) is 3. The van der Waals surface area contributed by atoms with Gasteiger partial charge in [0.2, 0.25) is 5.91 Å². The van der Waals surface area contributed by atoms with E-state index in [4.69, 9.17) is 15.2 Å². The molecule has 0 aliphatic carbocycles. The Kier molecular flexibility index (Phi) is 9.92. The van der Waals surface area contributed by atoms with Crippen molar-refractivity contribution in [3.63, 3.8) is 0 Å². The van der Waals surface area contributed by atoms with Gasteiger partial charge in [-0.05, 0) is 40.2 Å². The summed E-state index contributed by atoms with van der Waals surface area (Å²) in [6, 6.07) is -1.10. The van der Waals surface area contributed by atoms with Crippen LogP contribution in [0.5, 0.6) is 0 Å². The van der Waals surface area contributed by atoms with E-state index >= 15 is 0 Å². The quantitative estimate of drug-likeness (QED) is 0.354. The number of nitrogens with one attached hydrogen (secondary N) is 1. The van der Waals surface area contributed by atoms with Crippen LogP contribution in [0.4, 0.5) is 4.79 Å². The second-order valence-electron chi connectivity index (χ2n) is 5.99. The maximum Gasteiger partial charge on any atom is 0.408 e. The van der Waals surface area contributed by atoms with E-state index in [1.54, 1.807) is 27.7 Å². The lowest BCUT2D eigenvalue weighted by Crippen LogP contribution is -2.44. The molecule has 9 heteroatoms. The molecule has 0 bridgehead atoms. The molecule has 0 aromatic rings. The van der Waals surface area contributed by atoms with Crippen LogP contribution in [0.1, 0.15) is 40.5 Å². The molecule has 25 heavy (non-hydrogen) atoms. The van der Waals surface area contributed by atoms with Gasteiger partial charge in [-0.1, -0.05) is 0 Å². The first-order chi connectivity index (χ1) is 11.5. The third-order valence-corrected chi connectivity index (χ3v) is 2.52. The lowest BCUT2D eigenvalue weighted by atomic mass is 10.1. The Balaban J connectivity index is 4.63. The summed E-state index contributed by atoms with van der Waals surface area (Å²) >= 11 is 0. The smallest absolute Gasteiger partial charge is 0.408 e. The second-order valence-corrected chi connectivity index (χ2v) is 5.99. The maximum atomic E-state index is 12.0. The molecular formula is C16H26N2O7. The molecule has 0 unspecified atom stereocenters. The highest BCUT2D eigenvalue weighted by atomic mass is 16.6. The molecule has 1 atom stereocenters. The van der Waals surface area contributed by atoms with Gasteiger partial charge in [0.1, 0.15) is 18.2 Å². The summed E-state index contributed by atoms with van der Waals surface area (Å²) in [6.07, 6.45) is 1.45. The van der Waals surface area contributed by atoms with Crippen LogP contribution in [0.25, 0.3) is 0 Å². The predicted octanol–water partition coefficient (Wildman–Crippen LogP) is 0.808. The molecule has 0 saturated heterocycles. The Morgan fingerprint density at radius 3 is 2.32 bits per heavy atom. The van der Waals surface area contributed by atoms with Gasteiger partial charge in [0.05, 0.1) is 6.61 Å². The summed E-state index contributed by atoms with van der Waals surface area (Å²) in [5.41, 5.74) is 4.31. The molecule has 0 spiro atoms. The summed E-state index contributed by atoms with van der Waals surface area (Å²) in [6.45, 7) is 6.71. The first-order valence-electron chi connectivity index (χ1n) is 7.83. The molecule has 0 aliphatic rings. The number of carbonyl (C=O) groups is 4. The van der Waals surface area contributed by atoms with E-state index in [1.807, 2.05) is 0 Å². The monoisotopic (exact) mass is 358 g/mol. The molecular weight excluding hydrogens is 332 g/mol. The molecule has 0 aromatic carbocycles. The van der Waals surface area contributed by atoms with Crippen molar-refractivity contribution >= 4 is 23.9 Å². The molecule has 9 nitrogen and oxygen atoms in total. The minimum absolute atomic E-state index is 0.0327. The summed E-state index contributed by atoms with van der Waals surface area (Å²) < 4.78 is 14.7. The van der Waals surface area contributed by atoms with Gasteiger partial charge >= 0.3 is 18.0 Å². The third-order valence-electron chi connectivity index (χ3n) is 2.52. The maximum absolute atomic E-state index is 12.0. The van der Waals surface area contributed by atoms with E-state index in [1.165, 1.54) is 6.08 Å². The van der Waals surface area contributed by atoms with Crippen LogP contribution in [-0.4, -0.2) is 48.8 Å². The molecule has 142 valence electrons. The van der Waals surface area contributed by atoms with E-state index in [2.05, 4.69) is 10.1 Å². The van der Waals surface area contributed by atoms with Gasteiger partial charge in [-0.25, -0.2) is 14.4 Å². The molecule has 0 aliphatic heterocycles. The number of alkyl carbamates (subject to hydrolysis) is 1. The Morgan fingerprint density at radius 2 is 1.80 bits per heavy atom. The molecule has 0 heterocycles. The molecule has 0 radical (unpaired) electrons. The first kappa shape index (κ1) is 22.4. The number of nitrogens with two attached hydrogens (primary N) is 1. The number of carbonyl (C=O) groups excluding carboxylic acids is 4. The van der Waals surface area contributed by atoms with E-state index in [0.29, 0.717) is 0 Å². The molecule has 0 rings (SSSR count). The highest BCUT2D eigenvalue weighted by molar-refractivity contribution is 5.83. The van der Waals surface area contributed by atoms with Crippen LogP contribution in [0.2, 0.25) is 0 Å². The van der Waals surface area contributed by atoms with Crippen LogP contribution >= 0.6 is 0 Å². The third kappa shape index (κ3) is 12.5. The summed E-state index contributed by atoms with van der Waals surface area (Å²) in [7, 11) is 0. The van der Waals surface area contributed by atoms with Crippen molar-refractivity contribution in [1.82, 2.24) is 5.32 Å². The summed E-state index contributed by atoms with van der Waals surface area (Å²) in [5.74, 6) is -1.96. The number of primary amides is 1. The molecule has 3 N–H and O–H groups in total. The lowest BCUT2D eigenvalue weighted by Gasteiger charge is -2.22. The molecule has 0 aromatic heterocycles. The van der Waals surface area contributed by atoms with Gasteiger partial charge in [-0.2, -0.15) is 0 Å². The normalized spacial score (nSPS) is 12.3. The largest absolute Gasteiger partial charge is 0.463 e. The van der Waals surface area contributed by atoms with Crippen molar-refractivity contribution in [2.24, 2.45) is 5.73 Å². The van der Waals surface area contributed by atoms with Gasteiger partial charge in [0.15, 0.2) is 0 Å². The van der Waals surface area contributed by atoms with Crippen molar-refractivity contribution < 1.29 is 33.4 Å². The van der Waals surface area contributed by atoms with Crippen molar-refractivity contribution in [2.45, 2.75) is 52.2 Å². The van der Waals surface area contributed by atoms with Crippen molar-refractivity contribution in [3.05, 3.63) is 12.2 Å². The zero-order valence-electron chi connectivity index (χ0n) is 15.0. The fourth-order valence-electron chi connectivity index (χ4n) is 1.55. The highest BCUT2D eigenvalue weighted by Crippen LogP contribution is 2.08. The average Bonchev–Trinajstić information content (AvgIpc) is 2.46. The van der Waals surface area contributed by atoms with E-state index in [-0.39, 0.29) is 26.1 Å². The van der Waals surface area contributed by atoms with Crippen LogP contribution < -0.4 is 11.1 Å². The second kappa shape index (κ2) is 11.1. The average molecular weight is 358 g/mol. The lowest BCUT2D eigenvalue weighted by molar-refractivity contribution is -0.145. The van der Waals surface area contributed by atoms with Crippen molar-refractivity contribution in [3.8, 4) is 0 Å². The van der Waals surface area contributed by atoms with Gasteiger partial charge in [-0.15, -0.1) is 0 Å². The number of rotatable bonds is 9. The van der Waals surface area contributed by atoms with E-state index in [0.717, 1.165) is 6.08 Å². The van der Waals surface area contributed by atoms with Gasteiger partial charge in [0.25, 0.3) is 0 Å². The number of hydrogen-bond donors (Lipinski definition) is 2. The predicted molar refractivity (Wildman–Crippen MR) is 88.3 cm³/mol. The zero-order chi connectivity index (χ0) is 19.5. The first-order valence-corrected chi connectivity index (χ1v) is 7.83. The van der Waals surface area contributed by atoms with Crippen molar-refractivity contribution in [2.75, 3.05) is 13.2 Å². The fourth-order valence-corrected chi connectivity index (χ4v) is 1.55. The Bertz CT molecular complexity index is 509. The Morgan fingerprint density at radius 1 is 1.16 bits per heavy atom. The molecule has 2 amide bonds. The van der Waals surface area contributed by atoms with E-state index in [9.17, 15) is 19.2 Å². The summed E-state index contributed by atoms with van der Waals surface area (Å²) in [5, 5.41) is 2.34. The fraction of sp³-hybridized carbons (Fsp3) is 0.625. The van der Waals surface area contributed by atoms with Crippen LogP contribution in [0.3, 0.4) is 0 Å². The minimum Gasteiger partial charge on any atom is -0.463 e. The topological polar surface area (TPSA) is 134 Å². The van der Waals surface area contributed by atoms with E-state index < -0.39 is 35.6 Å². The number of hydrogen-bond acceptors (Lipinski definition) is 7. The zero-order valence-corrected chi connectivity index (χ0v) is 15.0. The number of esters is 2. The minimum atomic E-state index is -1.10. The van der Waals surface area contributed by atoms with Crippen LogP contribution in [0, 0.1) is 0 Å². The Hall–Kier alpha value is -2.58. The van der Waals surface area contributed by atoms with Gasteiger partial charge < -0.3 is 25.3 Å². The highest BCUT2D eigenvalue weighted by Gasteiger charge is 2.25. The van der Waals surface area contributed by atoms with Crippen molar-refractivity contribution in [1.29, 1.82) is 0 Å². The van der Waals surface area contributed by atoms with Crippen LogP contribution in [0.15, 0.2) is 12.2 Å². The standard InChI is InChI=1S/C16H26N2O7/c1-5-23-13(20)7-6-10-24-14(21)11(8-9-12(17)19)18-15(22)25-16(2,3)4/h6-7,11H,5,8-10H2,1-4H3,(H2,17,19)(H,18,22)/b7-6+/t11-/m0/s1. The summed E-state index contributed by atoms with van der Waals surface area (Å²) in [4.78, 5) is 45.8. The molecule has 0 saturated carbocycles. The molecule has 0 fully saturated rings. The van der Waals surface area contributed by atoms with Gasteiger partial charge in [-0.3, -0.25) is 4.79 Å². The Labute approximate surface area is 146 Å².